The van der Waals surface area contributed by atoms with Crippen LogP contribution in [0.3, 0.4) is 0 Å². The second kappa shape index (κ2) is 8.99. The van der Waals surface area contributed by atoms with Crippen molar-refractivity contribution < 1.29 is 9.53 Å². The van der Waals surface area contributed by atoms with E-state index in [4.69, 9.17) is 4.74 Å². The summed E-state index contributed by atoms with van der Waals surface area (Å²) >= 11 is 0. The summed E-state index contributed by atoms with van der Waals surface area (Å²) in [6, 6.07) is 13.8. The number of hydrogen-bond acceptors (Lipinski definition) is 6. The van der Waals surface area contributed by atoms with Crippen molar-refractivity contribution in [2.45, 2.75) is 18.9 Å². The molecule has 2 aliphatic heterocycles. The molecule has 2 fully saturated rings. The second-order valence-corrected chi connectivity index (χ2v) is 8.30. The van der Waals surface area contributed by atoms with Gasteiger partial charge in [0.15, 0.2) is 0 Å². The third-order valence-electron chi connectivity index (χ3n) is 6.43. The topological polar surface area (TPSA) is 97.3 Å². The zero-order valence-electron chi connectivity index (χ0n) is 17.9. The van der Waals surface area contributed by atoms with E-state index in [1.165, 1.54) is 0 Å². The summed E-state index contributed by atoms with van der Waals surface area (Å²) in [7, 11) is 0. The fourth-order valence-electron chi connectivity index (χ4n) is 4.67. The van der Waals surface area contributed by atoms with Crippen LogP contribution < -0.4 is 10.2 Å². The number of anilines is 2. The van der Waals surface area contributed by atoms with E-state index in [1.54, 1.807) is 24.5 Å². The Hall–Kier alpha value is -3.41. The van der Waals surface area contributed by atoms with Crippen molar-refractivity contribution in [3.05, 3.63) is 53.9 Å². The summed E-state index contributed by atoms with van der Waals surface area (Å²) in [4.78, 5) is 24.7. The maximum atomic E-state index is 12.7. The highest BCUT2D eigenvalue weighted by atomic mass is 16.5. The maximum Gasteiger partial charge on any atom is 0.255 e. The first-order valence-electron chi connectivity index (χ1n) is 11.1. The van der Waals surface area contributed by atoms with Crippen molar-refractivity contribution in [1.29, 1.82) is 5.26 Å². The third-order valence-corrected chi connectivity index (χ3v) is 6.43. The molecule has 0 aliphatic carbocycles. The molecule has 2 aliphatic rings. The van der Waals surface area contributed by atoms with Crippen LogP contribution in [0, 0.1) is 11.3 Å². The van der Waals surface area contributed by atoms with Gasteiger partial charge in [-0.1, -0.05) is 0 Å². The zero-order valence-corrected chi connectivity index (χ0v) is 17.9. The number of nitriles is 1. The molecule has 32 heavy (non-hydrogen) atoms. The van der Waals surface area contributed by atoms with Crippen LogP contribution in [0.25, 0.3) is 11.0 Å². The highest BCUT2D eigenvalue weighted by molar-refractivity contribution is 6.06. The molecule has 3 aromatic rings. The molecule has 1 amide bonds. The number of ether oxygens (including phenoxy) is 1. The van der Waals surface area contributed by atoms with Crippen molar-refractivity contribution in [1.82, 2.24) is 14.9 Å². The van der Waals surface area contributed by atoms with Crippen LogP contribution in [0.4, 0.5) is 11.4 Å². The summed E-state index contributed by atoms with van der Waals surface area (Å²) in [5.74, 6) is -0.224. The van der Waals surface area contributed by atoms with Gasteiger partial charge in [-0.05, 0) is 49.2 Å². The molecule has 0 spiro atoms. The molecular weight excluding hydrogens is 404 g/mol. The first-order valence-corrected chi connectivity index (χ1v) is 11.1. The molecule has 0 saturated carbocycles. The molecule has 8 heteroatoms. The number of benzene rings is 2. The molecule has 8 nitrogen and oxygen atoms in total. The smallest absolute Gasteiger partial charge is 0.255 e. The summed E-state index contributed by atoms with van der Waals surface area (Å²) in [5.41, 5.74) is 4.28. The van der Waals surface area contributed by atoms with E-state index < -0.39 is 0 Å². The highest BCUT2D eigenvalue weighted by Crippen LogP contribution is 2.28. The molecule has 2 saturated heterocycles. The summed E-state index contributed by atoms with van der Waals surface area (Å²) in [6.45, 7) is 5.51. The highest BCUT2D eigenvalue weighted by Gasteiger charge is 2.26. The summed E-state index contributed by atoms with van der Waals surface area (Å²) in [5, 5.41) is 12.7. The maximum absolute atomic E-state index is 12.7. The Labute approximate surface area is 186 Å². The van der Waals surface area contributed by atoms with E-state index in [-0.39, 0.29) is 5.91 Å². The molecule has 0 unspecified atom stereocenters. The predicted molar refractivity (Wildman–Crippen MR) is 123 cm³/mol. The number of piperidine rings is 1. The van der Waals surface area contributed by atoms with Crippen molar-refractivity contribution in [3.63, 3.8) is 0 Å². The van der Waals surface area contributed by atoms with Gasteiger partial charge in [0, 0.05) is 43.5 Å². The lowest BCUT2D eigenvalue weighted by Gasteiger charge is -2.41. The lowest BCUT2D eigenvalue weighted by atomic mass is 10.0. The Balaban J connectivity index is 1.26. The van der Waals surface area contributed by atoms with Crippen LogP contribution in [-0.2, 0) is 4.74 Å². The number of nitrogens with one attached hydrogen (secondary N) is 2. The SMILES string of the molecule is N#Cc1cc(NC(=O)c2ccc3[nH]cnc3c2)ccc1N1CCC(N2CCOCC2)CC1. The van der Waals surface area contributed by atoms with Gasteiger partial charge in [0.1, 0.15) is 6.07 Å². The minimum atomic E-state index is -0.224. The Kier molecular flexibility index (Phi) is 5.75. The zero-order chi connectivity index (χ0) is 21.9. The minimum absolute atomic E-state index is 0.224. The Morgan fingerprint density at radius 2 is 1.94 bits per heavy atom. The predicted octanol–water partition coefficient (Wildman–Crippen LogP) is 2.99. The number of carbonyl (C=O) groups is 1. The van der Waals surface area contributed by atoms with Gasteiger partial charge in [0.05, 0.1) is 41.8 Å². The van der Waals surface area contributed by atoms with Crippen LogP contribution >= 0.6 is 0 Å². The van der Waals surface area contributed by atoms with E-state index in [9.17, 15) is 10.1 Å². The van der Waals surface area contributed by atoms with Gasteiger partial charge in [-0.3, -0.25) is 9.69 Å². The number of aromatic amines is 1. The number of amides is 1. The van der Waals surface area contributed by atoms with Crippen molar-refractivity contribution in [2.75, 3.05) is 49.6 Å². The molecular formula is C24H26N6O2. The molecule has 0 radical (unpaired) electrons. The van der Waals surface area contributed by atoms with E-state index in [2.05, 4.69) is 31.2 Å². The molecule has 3 heterocycles. The van der Waals surface area contributed by atoms with Crippen molar-refractivity contribution >= 4 is 28.3 Å². The monoisotopic (exact) mass is 430 g/mol. The summed E-state index contributed by atoms with van der Waals surface area (Å²) < 4.78 is 5.47. The average molecular weight is 431 g/mol. The van der Waals surface area contributed by atoms with Crippen molar-refractivity contribution in [3.8, 4) is 6.07 Å². The molecule has 2 N–H and O–H groups in total. The van der Waals surface area contributed by atoms with Crippen LogP contribution in [0.5, 0.6) is 0 Å². The number of nitrogens with zero attached hydrogens (tertiary/aromatic N) is 4. The molecule has 164 valence electrons. The van der Waals surface area contributed by atoms with Crippen LogP contribution in [-0.4, -0.2) is 66.2 Å². The Morgan fingerprint density at radius 1 is 1.12 bits per heavy atom. The number of hydrogen-bond donors (Lipinski definition) is 2. The first-order chi connectivity index (χ1) is 15.7. The van der Waals surface area contributed by atoms with E-state index >= 15 is 0 Å². The van der Waals surface area contributed by atoms with Crippen LogP contribution in [0.15, 0.2) is 42.7 Å². The van der Waals surface area contributed by atoms with Gasteiger partial charge in [-0.2, -0.15) is 5.26 Å². The number of aromatic nitrogens is 2. The molecule has 0 bridgehead atoms. The fraction of sp³-hybridized carbons (Fsp3) is 0.375. The normalized spacial score (nSPS) is 17.9. The number of imidazole rings is 1. The van der Waals surface area contributed by atoms with Gasteiger partial charge in [0.25, 0.3) is 5.91 Å². The lowest BCUT2D eigenvalue weighted by Crippen LogP contribution is -2.49. The van der Waals surface area contributed by atoms with Gasteiger partial charge < -0.3 is 19.9 Å². The van der Waals surface area contributed by atoms with Gasteiger partial charge in [0.2, 0.25) is 0 Å². The standard InChI is InChI=1S/C24H26N6O2/c25-15-18-13-19(28-24(31)17-1-3-21-22(14-17)27-16-26-21)2-4-23(18)30-7-5-20(6-8-30)29-9-11-32-12-10-29/h1-4,13-14,16,20H,5-12H2,(H,26,27)(H,28,31). The Morgan fingerprint density at radius 3 is 2.72 bits per heavy atom. The minimum Gasteiger partial charge on any atom is -0.379 e. The number of rotatable bonds is 4. The fourth-order valence-corrected chi connectivity index (χ4v) is 4.67. The van der Waals surface area contributed by atoms with E-state index in [0.717, 1.165) is 69.0 Å². The molecule has 2 aromatic carbocycles. The number of carbonyl (C=O) groups excluding carboxylic acids is 1. The number of H-pyrrole nitrogens is 1. The number of fused-ring (bicyclic) bond motifs is 1. The molecule has 5 rings (SSSR count). The average Bonchev–Trinajstić information content (AvgIpc) is 3.33. The quantitative estimate of drug-likeness (QED) is 0.661. The third kappa shape index (κ3) is 4.17. The van der Waals surface area contributed by atoms with Crippen LogP contribution in [0.1, 0.15) is 28.8 Å². The number of morpholine rings is 1. The molecule has 1 aromatic heterocycles. The van der Waals surface area contributed by atoms with Gasteiger partial charge in [-0.25, -0.2) is 4.98 Å². The molecule has 0 atom stereocenters. The first kappa shape index (κ1) is 20.5. The summed E-state index contributed by atoms with van der Waals surface area (Å²) in [6.07, 6.45) is 3.77. The Bertz CT molecular complexity index is 1150. The second-order valence-electron chi connectivity index (χ2n) is 8.30. The lowest BCUT2D eigenvalue weighted by molar-refractivity contribution is 0.0115. The van der Waals surface area contributed by atoms with E-state index in [0.29, 0.717) is 22.9 Å². The van der Waals surface area contributed by atoms with Crippen molar-refractivity contribution in [2.24, 2.45) is 0 Å². The van der Waals surface area contributed by atoms with E-state index in [1.807, 2.05) is 18.2 Å². The van der Waals surface area contributed by atoms with Gasteiger partial charge >= 0.3 is 0 Å². The largest absolute Gasteiger partial charge is 0.379 e. The van der Waals surface area contributed by atoms with Crippen LogP contribution in [0.2, 0.25) is 0 Å². The van der Waals surface area contributed by atoms with Gasteiger partial charge in [-0.15, -0.1) is 0 Å².